The van der Waals surface area contributed by atoms with Gasteiger partial charge in [0.15, 0.2) is 5.82 Å². The molecule has 1 aliphatic heterocycles. The standard InChI is InChI=1S/C24H33ClF2N6O3S/c1-36-21-11-16-7-9-33(14-22(26)27)8-6-15(16)10-20(21)31-24-28-13-18(25)23(32-24)30-19-5-3-2-4-17(19)12-29-37(34)35/h10-11,13,17,19,22,29H,2-9,12,14H2,1H3,(H,34,35)(H2,28,30,31,32)/t17-,19-/m1/s1. The minimum absolute atomic E-state index is 0.0447. The van der Waals surface area contributed by atoms with E-state index < -0.39 is 17.7 Å². The van der Waals surface area contributed by atoms with E-state index in [1.165, 1.54) is 6.20 Å². The molecular weight excluding hydrogens is 526 g/mol. The third-order valence-electron chi connectivity index (χ3n) is 7.00. The number of hydrogen-bond donors (Lipinski definition) is 4. The first-order chi connectivity index (χ1) is 17.8. The number of halogens is 3. The van der Waals surface area contributed by atoms with Crippen molar-refractivity contribution in [3.63, 3.8) is 0 Å². The van der Waals surface area contributed by atoms with Crippen LogP contribution in [0.3, 0.4) is 0 Å². The van der Waals surface area contributed by atoms with E-state index in [2.05, 4.69) is 25.3 Å². The van der Waals surface area contributed by atoms with Gasteiger partial charge in [-0.2, -0.15) is 4.98 Å². The van der Waals surface area contributed by atoms with Gasteiger partial charge in [0, 0.05) is 25.7 Å². The SMILES string of the molecule is COc1cc2c(cc1Nc1ncc(Cl)c(N[C@@H]3CCCC[C@@H]3CNS(=O)O)n1)CCN(CC(F)F)CC2. The summed E-state index contributed by atoms with van der Waals surface area (Å²) in [4.78, 5) is 10.7. The van der Waals surface area contributed by atoms with Gasteiger partial charge >= 0.3 is 0 Å². The molecule has 1 aromatic carbocycles. The predicted molar refractivity (Wildman–Crippen MR) is 141 cm³/mol. The van der Waals surface area contributed by atoms with Gasteiger partial charge in [-0.05, 0) is 54.9 Å². The molecule has 13 heteroatoms. The molecular formula is C24H33ClF2N6O3S. The van der Waals surface area contributed by atoms with Crippen molar-refractivity contribution in [2.45, 2.75) is 51.0 Å². The van der Waals surface area contributed by atoms with E-state index in [-0.39, 0.29) is 18.5 Å². The van der Waals surface area contributed by atoms with Crippen LogP contribution in [-0.2, 0) is 24.1 Å². The minimum atomic E-state index is -2.35. The first-order valence-corrected chi connectivity index (χ1v) is 13.9. The van der Waals surface area contributed by atoms with Gasteiger partial charge in [-0.15, -0.1) is 0 Å². The summed E-state index contributed by atoms with van der Waals surface area (Å²) in [6.45, 7) is 1.33. The number of fused-ring (bicyclic) bond motifs is 1. The van der Waals surface area contributed by atoms with Crippen LogP contribution in [0, 0.1) is 5.92 Å². The number of hydrogen-bond acceptors (Lipinski definition) is 7. The number of nitrogens with one attached hydrogen (secondary N) is 3. The maximum atomic E-state index is 12.9. The van der Waals surface area contributed by atoms with Crippen molar-refractivity contribution in [1.82, 2.24) is 19.6 Å². The Bertz CT molecular complexity index is 1100. The molecule has 1 saturated carbocycles. The Labute approximate surface area is 223 Å². The second-order valence-electron chi connectivity index (χ2n) is 9.42. The number of methoxy groups -OCH3 is 1. The zero-order valence-electron chi connectivity index (χ0n) is 20.7. The smallest absolute Gasteiger partial charge is 0.251 e. The molecule has 0 spiro atoms. The Morgan fingerprint density at radius 3 is 2.68 bits per heavy atom. The monoisotopic (exact) mass is 558 g/mol. The molecule has 2 aliphatic rings. The number of nitrogens with zero attached hydrogens (tertiary/aromatic N) is 3. The first-order valence-electron chi connectivity index (χ1n) is 12.4. The summed E-state index contributed by atoms with van der Waals surface area (Å²) in [7, 11) is 1.58. The molecule has 1 aliphatic carbocycles. The van der Waals surface area contributed by atoms with Crippen LogP contribution in [0.2, 0.25) is 5.02 Å². The summed E-state index contributed by atoms with van der Waals surface area (Å²) in [5, 5.41) is 7.02. The molecule has 4 N–H and O–H groups in total. The van der Waals surface area contributed by atoms with Gasteiger partial charge in [0.05, 0.1) is 25.5 Å². The van der Waals surface area contributed by atoms with Crippen LogP contribution in [0.25, 0.3) is 0 Å². The lowest BCUT2D eigenvalue weighted by Crippen LogP contribution is -2.39. The van der Waals surface area contributed by atoms with Crippen LogP contribution in [0.1, 0.15) is 36.8 Å². The average Bonchev–Trinajstić information content (AvgIpc) is 3.06. The Hall–Kier alpha value is -2.12. The zero-order valence-corrected chi connectivity index (χ0v) is 22.3. The summed E-state index contributed by atoms with van der Waals surface area (Å²) in [5.74, 6) is 1.59. The van der Waals surface area contributed by atoms with Crippen LogP contribution in [0.5, 0.6) is 5.75 Å². The Balaban J connectivity index is 1.50. The minimum Gasteiger partial charge on any atom is -0.495 e. The van der Waals surface area contributed by atoms with Crippen LogP contribution in [-0.4, -0.2) is 69.4 Å². The fourth-order valence-corrected chi connectivity index (χ4v) is 5.59. The number of aromatic nitrogens is 2. The highest BCUT2D eigenvalue weighted by molar-refractivity contribution is 7.77. The van der Waals surface area contributed by atoms with E-state index in [1.54, 1.807) is 12.0 Å². The molecule has 204 valence electrons. The molecule has 2 heterocycles. The van der Waals surface area contributed by atoms with Gasteiger partial charge in [-0.25, -0.2) is 22.7 Å². The molecule has 1 unspecified atom stereocenters. The Kier molecular flexibility index (Phi) is 9.88. The molecule has 2 aromatic rings. The average molecular weight is 559 g/mol. The summed E-state index contributed by atoms with van der Waals surface area (Å²) < 4.78 is 54.2. The van der Waals surface area contributed by atoms with Crippen LogP contribution >= 0.6 is 11.6 Å². The van der Waals surface area contributed by atoms with Crippen LogP contribution in [0.15, 0.2) is 18.3 Å². The van der Waals surface area contributed by atoms with Crippen LogP contribution < -0.4 is 20.1 Å². The topological polar surface area (TPSA) is 112 Å². The van der Waals surface area contributed by atoms with Crippen LogP contribution in [0.4, 0.5) is 26.2 Å². The van der Waals surface area contributed by atoms with Gasteiger partial charge < -0.3 is 15.4 Å². The van der Waals surface area contributed by atoms with Crippen molar-refractivity contribution in [2.24, 2.45) is 5.92 Å². The maximum Gasteiger partial charge on any atom is 0.251 e. The second-order valence-corrected chi connectivity index (χ2v) is 10.6. The maximum absolute atomic E-state index is 12.9. The van der Waals surface area contributed by atoms with Gasteiger partial charge in [0.25, 0.3) is 6.43 Å². The lowest BCUT2D eigenvalue weighted by Gasteiger charge is -2.32. The molecule has 0 radical (unpaired) electrons. The zero-order chi connectivity index (χ0) is 26.4. The van der Waals surface area contributed by atoms with Gasteiger partial charge in [0.1, 0.15) is 10.8 Å². The Morgan fingerprint density at radius 1 is 1.24 bits per heavy atom. The van der Waals surface area contributed by atoms with Gasteiger partial charge in [-0.1, -0.05) is 24.4 Å². The van der Waals surface area contributed by atoms with E-state index in [4.69, 9.17) is 20.9 Å². The molecule has 1 aromatic heterocycles. The lowest BCUT2D eigenvalue weighted by atomic mass is 9.84. The first kappa shape index (κ1) is 27.9. The number of rotatable bonds is 10. The predicted octanol–water partition coefficient (Wildman–Crippen LogP) is 4.24. The molecule has 0 amide bonds. The summed E-state index contributed by atoms with van der Waals surface area (Å²) in [6.07, 6.45) is 4.44. The van der Waals surface area contributed by atoms with Gasteiger partial charge in [0.2, 0.25) is 17.2 Å². The molecule has 4 rings (SSSR count). The lowest BCUT2D eigenvalue weighted by molar-refractivity contribution is 0.0904. The van der Waals surface area contributed by atoms with Crippen molar-refractivity contribution >= 4 is 40.3 Å². The largest absolute Gasteiger partial charge is 0.495 e. The van der Waals surface area contributed by atoms with E-state index in [0.29, 0.717) is 60.7 Å². The van der Waals surface area contributed by atoms with Crippen molar-refractivity contribution in [3.8, 4) is 5.75 Å². The Morgan fingerprint density at radius 2 is 1.97 bits per heavy atom. The molecule has 0 saturated heterocycles. The highest BCUT2D eigenvalue weighted by atomic mass is 35.5. The number of benzene rings is 1. The van der Waals surface area contributed by atoms with Crippen molar-refractivity contribution in [3.05, 3.63) is 34.5 Å². The fraction of sp³-hybridized carbons (Fsp3) is 0.583. The normalized spacial score (nSPS) is 21.2. The third kappa shape index (κ3) is 7.70. The fourth-order valence-electron chi connectivity index (χ4n) is 5.09. The highest BCUT2D eigenvalue weighted by Crippen LogP contribution is 2.34. The molecule has 37 heavy (non-hydrogen) atoms. The second kappa shape index (κ2) is 13.1. The quantitative estimate of drug-likeness (QED) is 0.320. The number of ether oxygens (including phenoxy) is 1. The molecule has 1 fully saturated rings. The highest BCUT2D eigenvalue weighted by Gasteiger charge is 2.27. The van der Waals surface area contributed by atoms with E-state index in [9.17, 15) is 13.0 Å². The van der Waals surface area contributed by atoms with Gasteiger partial charge in [-0.3, -0.25) is 9.45 Å². The van der Waals surface area contributed by atoms with Crippen molar-refractivity contribution in [1.29, 1.82) is 0 Å². The molecule has 9 nitrogen and oxygen atoms in total. The third-order valence-corrected chi connectivity index (χ3v) is 7.69. The summed E-state index contributed by atoms with van der Waals surface area (Å²) in [6, 6.07) is 3.97. The number of alkyl halides is 2. The van der Waals surface area contributed by atoms with Crippen molar-refractivity contribution < 1.29 is 22.3 Å². The molecule has 0 bridgehead atoms. The summed E-state index contributed by atoms with van der Waals surface area (Å²) >= 11 is 4.36. The van der Waals surface area contributed by atoms with E-state index >= 15 is 0 Å². The number of anilines is 3. The van der Waals surface area contributed by atoms with E-state index in [1.807, 2.05) is 12.1 Å². The van der Waals surface area contributed by atoms with Crippen molar-refractivity contribution in [2.75, 3.05) is 43.9 Å². The summed E-state index contributed by atoms with van der Waals surface area (Å²) in [5.41, 5.74) is 2.84. The molecule has 3 atom stereocenters. The van der Waals surface area contributed by atoms with E-state index in [0.717, 1.165) is 36.8 Å².